The van der Waals surface area contributed by atoms with Crippen LogP contribution < -0.4 is 5.32 Å². The van der Waals surface area contributed by atoms with Crippen molar-refractivity contribution in [1.82, 2.24) is 5.32 Å². The lowest BCUT2D eigenvalue weighted by Crippen LogP contribution is -2.34. The first-order chi connectivity index (χ1) is 11.0. The molecule has 1 amide bonds. The molecule has 2 aromatic rings. The third-order valence-corrected chi connectivity index (χ3v) is 2.93. The van der Waals surface area contributed by atoms with Gasteiger partial charge < -0.3 is 14.5 Å². The molecule has 8 heteroatoms. The number of rotatable bonds is 6. The van der Waals surface area contributed by atoms with Crippen LogP contribution in [0.15, 0.2) is 46.9 Å². The van der Waals surface area contributed by atoms with Gasteiger partial charge in [-0.05, 0) is 18.6 Å². The Morgan fingerprint density at radius 3 is 2.52 bits per heavy atom. The second-order valence-corrected chi connectivity index (χ2v) is 4.46. The van der Waals surface area contributed by atoms with E-state index in [0.29, 0.717) is 5.56 Å². The van der Waals surface area contributed by atoms with Gasteiger partial charge in [-0.3, -0.25) is 14.9 Å². The van der Waals surface area contributed by atoms with Gasteiger partial charge in [0.05, 0.1) is 12.7 Å². The number of amides is 1. The maximum Gasteiger partial charge on any atom is 0.433 e. The standard InChI is InChI=1S/C15H14N2O6/c1-2-22-15(19)13(10-6-4-3-5-7-10)16-14(18)11-8-9-12(23-11)17(20)21/h3-9,13H,2H2,1H3,(H,16,18)/t13-/m0/s1. The minimum atomic E-state index is -1.03. The average molecular weight is 318 g/mol. The molecule has 0 saturated carbocycles. The van der Waals surface area contributed by atoms with E-state index < -0.39 is 28.7 Å². The molecular weight excluding hydrogens is 304 g/mol. The molecule has 0 unspecified atom stereocenters. The van der Waals surface area contributed by atoms with Crippen molar-refractivity contribution < 1.29 is 23.7 Å². The molecule has 1 aromatic heterocycles. The SMILES string of the molecule is CCOC(=O)[C@@H](NC(=O)c1ccc([N+](=O)[O-])o1)c1ccccc1. The van der Waals surface area contributed by atoms with Gasteiger partial charge in [-0.15, -0.1) is 0 Å². The Kier molecular flexibility index (Phi) is 5.08. The molecule has 1 N–H and O–H groups in total. The predicted molar refractivity (Wildman–Crippen MR) is 78.6 cm³/mol. The van der Waals surface area contributed by atoms with E-state index in [4.69, 9.17) is 9.15 Å². The summed E-state index contributed by atoms with van der Waals surface area (Å²) in [5, 5.41) is 13.0. The van der Waals surface area contributed by atoms with Crippen molar-refractivity contribution in [2.45, 2.75) is 13.0 Å². The third-order valence-electron chi connectivity index (χ3n) is 2.93. The molecule has 0 saturated heterocycles. The fraction of sp³-hybridized carbons (Fsp3) is 0.200. The van der Waals surface area contributed by atoms with Crippen molar-refractivity contribution in [2.75, 3.05) is 6.61 Å². The fourth-order valence-electron chi connectivity index (χ4n) is 1.90. The number of hydrogen-bond acceptors (Lipinski definition) is 6. The Morgan fingerprint density at radius 1 is 1.26 bits per heavy atom. The number of carbonyl (C=O) groups is 2. The summed E-state index contributed by atoms with van der Waals surface area (Å²) in [5.74, 6) is -2.20. The molecule has 0 aliphatic carbocycles. The normalized spacial score (nSPS) is 11.5. The Morgan fingerprint density at radius 2 is 1.96 bits per heavy atom. The van der Waals surface area contributed by atoms with Gasteiger partial charge in [0.25, 0.3) is 5.91 Å². The highest BCUT2D eigenvalue weighted by molar-refractivity contribution is 5.95. The molecule has 0 aliphatic heterocycles. The number of ether oxygens (including phenoxy) is 1. The van der Waals surface area contributed by atoms with E-state index in [2.05, 4.69) is 5.32 Å². The van der Waals surface area contributed by atoms with Gasteiger partial charge in [0.2, 0.25) is 0 Å². The average Bonchev–Trinajstić information content (AvgIpc) is 3.03. The number of nitrogens with zero attached hydrogens (tertiary/aromatic N) is 1. The van der Waals surface area contributed by atoms with Crippen LogP contribution in [-0.2, 0) is 9.53 Å². The lowest BCUT2D eigenvalue weighted by molar-refractivity contribution is -0.402. The van der Waals surface area contributed by atoms with Gasteiger partial charge in [0.1, 0.15) is 4.92 Å². The summed E-state index contributed by atoms with van der Waals surface area (Å²) >= 11 is 0. The molecule has 0 bridgehead atoms. The summed E-state index contributed by atoms with van der Waals surface area (Å²) in [6.07, 6.45) is 0. The van der Waals surface area contributed by atoms with Gasteiger partial charge in [0.15, 0.2) is 11.8 Å². The van der Waals surface area contributed by atoms with Crippen LogP contribution in [0.5, 0.6) is 0 Å². The number of furan rings is 1. The van der Waals surface area contributed by atoms with Crippen LogP contribution in [0.2, 0.25) is 0 Å². The van der Waals surface area contributed by atoms with E-state index in [9.17, 15) is 19.7 Å². The number of nitro groups is 1. The highest BCUT2D eigenvalue weighted by Crippen LogP contribution is 2.19. The predicted octanol–water partition coefficient (Wildman–Crippen LogP) is 2.22. The molecule has 0 aliphatic rings. The monoisotopic (exact) mass is 318 g/mol. The number of esters is 1. The van der Waals surface area contributed by atoms with Crippen molar-refractivity contribution >= 4 is 17.8 Å². The lowest BCUT2D eigenvalue weighted by Gasteiger charge is -2.16. The molecule has 2 rings (SSSR count). The van der Waals surface area contributed by atoms with Crippen LogP contribution in [0.3, 0.4) is 0 Å². The van der Waals surface area contributed by atoms with Gasteiger partial charge in [-0.25, -0.2) is 4.79 Å². The lowest BCUT2D eigenvalue weighted by atomic mass is 10.1. The second-order valence-electron chi connectivity index (χ2n) is 4.46. The third kappa shape index (κ3) is 3.94. The van der Waals surface area contributed by atoms with Crippen LogP contribution in [0.1, 0.15) is 29.1 Å². The van der Waals surface area contributed by atoms with Crippen LogP contribution >= 0.6 is 0 Å². The largest absolute Gasteiger partial charge is 0.464 e. The topological polar surface area (TPSA) is 112 Å². The first-order valence-corrected chi connectivity index (χ1v) is 6.79. The second kappa shape index (κ2) is 7.21. The molecular formula is C15H14N2O6. The van der Waals surface area contributed by atoms with Crippen LogP contribution in [0.25, 0.3) is 0 Å². The van der Waals surface area contributed by atoms with Gasteiger partial charge in [-0.1, -0.05) is 30.3 Å². The smallest absolute Gasteiger partial charge is 0.433 e. The summed E-state index contributed by atoms with van der Waals surface area (Å²) in [5.41, 5.74) is 0.528. The Bertz CT molecular complexity index is 710. The molecule has 0 radical (unpaired) electrons. The van der Waals surface area contributed by atoms with Crippen molar-refractivity contribution in [3.05, 3.63) is 63.9 Å². The Hall–Kier alpha value is -3.16. The van der Waals surface area contributed by atoms with Crippen molar-refractivity contribution in [1.29, 1.82) is 0 Å². The summed E-state index contributed by atoms with van der Waals surface area (Å²) in [7, 11) is 0. The quantitative estimate of drug-likeness (QED) is 0.496. The number of carbonyl (C=O) groups excluding carboxylic acids is 2. The van der Waals surface area contributed by atoms with E-state index >= 15 is 0 Å². The zero-order chi connectivity index (χ0) is 16.8. The number of benzene rings is 1. The minimum Gasteiger partial charge on any atom is -0.464 e. The Labute approximate surface area is 131 Å². The maximum atomic E-state index is 12.1. The summed E-state index contributed by atoms with van der Waals surface area (Å²) in [6.45, 7) is 1.81. The highest BCUT2D eigenvalue weighted by Gasteiger charge is 2.26. The number of hydrogen-bond donors (Lipinski definition) is 1. The van der Waals surface area contributed by atoms with Crippen molar-refractivity contribution in [3.63, 3.8) is 0 Å². The molecule has 120 valence electrons. The molecule has 1 aromatic carbocycles. The summed E-state index contributed by atoms with van der Waals surface area (Å²) in [4.78, 5) is 34.0. The molecule has 0 fully saturated rings. The van der Waals surface area contributed by atoms with E-state index in [1.54, 1.807) is 37.3 Å². The van der Waals surface area contributed by atoms with E-state index in [-0.39, 0.29) is 12.4 Å². The van der Waals surface area contributed by atoms with E-state index in [1.165, 1.54) is 6.07 Å². The van der Waals surface area contributed by atoms with Crippen molar-refractivity contribution in [2.24, 2.45) is 0 Å². The molecule has 0 spiro atoms. The molecule has 8 nitrogen and oxygen atoms in total. The zero-order valence-corrected chi connectivity index (χ0v) is 12.2. The minimum absolute atomic E-state index is 0.157. The van der Waals surface area contributed by atoms with Crippen LogP contribution in [0, 0.1) is 10.1 Å². The van der Waals surface area contributed by atoms with Crippen LogP contribution in [0.4, 0.5) is 5.88 Å². The first-order valence-electron chi connectivity index (χ1n) is 6.79. The zero-order valence-electron chi connectivity index (χ0n) is 12.2. The fourth-order valence-corrected chi connectivity index (χ4v) is 1.90. The van der Waals surface area contributed by atoms with Crippen LogP contribution in [-0.4, -0.2) is 23.4 Å². The Balaban J connectivity index is 2.21. The van der Waals surface area contributed by atoms with Gasteiger partial charge in [0, 0.05) is 0 Å². The maximum absolute atomic E-state index is 12.1. The summed E-state index contributed by atoms with van der Waals surface area (Å²) in [6, 6.07) is 9.71. The summed E-state index contributed by atoms with van der Waals surface area (Å²) < 4.78 is 9.77. The van der Waals surface area contributed by atoms with Gasteiger partial charge >= 0.3 is 11.9 Å². The molecule has 23 heavy (non-hydrogen) atoms. The molecule has 1 heterocycles. The highest BCUT2D eigenvalue weighted by atomic mass is 16.6. The van der Waals surface area contributed by atoms with Gasteiger partial charge in [-0.2, -0.15) is 0 Å². The molecule has 1 atom stereocenters. The van der Waals surface area contributed by atoms with Crippen molar-refractivity contribution in [3.8, 4) is 0 Å². The number of nitrogens with one attached hydrogen (secondary N) is 1. The van der Waals surface area contributed by atoms with E-state index in [1.807, 2.05) is 0 Å². The van der Waals surface area contributed by atoms with E-state index in [0.717, 1.165) is 6.07 Å². The first kappa shape index (κ1) is 16.2.